The highest BCUT2D eigenvalue weighted by Crippen LogP contribution is 2.46. The normalized spacial score (nSPS) is 35.4. The van der Waals surface area contributed by atoms with Crippen LogP contribution >= 0.6 is 0 Å². The number of rotatable bonds is 1. The Bertz CT molecular complexity index is 310. The fourth-order valence-corrected chi connectivity index (χ4v) is 2.68. The van der Waals surface area contributed by atoms with E-state index in [1.807, 2.05) is 6.92 Å². The van der Waals surface area contributed by atoms with Crippen molar-refractivity contribution >= 4 is 6.08 Å². The number of nitriles is 1. The van der Waals surface area contributed by atoms with E-state index in [2.05, 4.69) is 24.9 Å². The molecule has 0 amide bonds. The standard InChI is InChI=1S/C11H16N2O/c1-10(2)4-9(13-8-14)5-11(3,6-10)7-12/h9H,4-6H2,1-3H3. The van der Waals surface area contributed by atoms with E-state index < -0.39 is 0 Å². The lowest BCUT2D eigenvalue weighted by Crippen LogP contribution is -2.36. The summed E-state index contributed by atoms with van der Waals surface area (Å²) in [5, 5.41) is 9.08. The maximum absolute atomic E-state index is 10.2. The summed E-state index contributed by atoms with van der Waals surface area (Å²) in [5.74, 6) is 0. The van der Waals surface area contributed by atoms with Gasteiger partial charge in [-0.25, -0.2) is 9.79 Å². The van der Waals surface area contributed by atoms with Crippen LogP contribution in [-0.4, -0.2) is 12.1 Å². The number of hydrogen-bond acceptors (Lipinski definition) is 3. The van der Waals surface area contributed by atoms with E-state index in [9.17, 15) is 4.79 Å². The molecule has 0 saturated heterocycles. The van der Waals surface area contributed by atoms with Crippen LogP contribution in [0.15, 0.2) is 4.99 Å². The molecule has 2 atom stereocenters. The number of nitrogens with zero attached hydrogens (tertiary/aromatic N) is 2. The lowest BCUT2D eigenvalue weighted by molar-refractivity contribution is 0.127. The van der Waals surface area contributed by atoms with Crippen LogP contribution in [0.2, 0.25) is 0 Å². The lowest BCUT2D eigenvalue weighted by atomic mass is 9.63. The van der Waals surface area contributed by atoms with Crippen LogP contribution in [0.1, 0.15) is 40.0 Å². The summed E-state index contributed by atoms with van der Waals surface area (Å²) < 4.78 is 0. The molecule has 1 aliphatic rings. The van der Waals surface area contributed by atoms with Gasteiger partial charge in [0.25, 0.3) is 0 Å². The van der Waals surface area contributed by atoms with Crippen LogP contribution in [0.5, 0.6) is 0 Å². The van der Waals surface area contributed by atoms with Crippen LogP contribution in [0.25, 0.3) is 0 Å². The number of aliphatic imine (C=N–C) groups is 1. The van der Waals surface area contributed by atoms with Crippen molar-refractivity contribution in [2.24, 2.45) is 15.8 Å². The molecule has 1 saturated carbocycles. The second kappa shape index (κ2) is 3.55. The summed E-state index contributed by atoms with van der Waals surface area (Å²) in [5.41, 5.74) is -0.249. The number of carbonyl (C=O) groups excluding carboxylic acids is 1. The molecule has 0 bridgehead atoms. The monoisotopic (exact) mass is 192 g/mol. The molecule has 3 heteroatoms. The zero-order valence-corrected chi connectivity index (χ0v) is 9.00. The highest BCUT2D eigenvalue weighted by atomic mass is 16.1. The molecule has 0 aromatic heterocycles. The van der Waals surface area contributed by atoms with Crippen molar-refractivity contribution in [3.8, 4) is 6.07 Å². The summed E-state index contributed by atoms with van der Waals surface area (Å²) in [6.07, 6.45) is 4.04. The molecule has 1 rings (SSSR count). The van der Waals surface area contributed by atoms with Gasteiger partial charge in [0.1, 0.15) is 0 Å². The molecule has 0 spiro atoms. The Hall–Kier alpha value is -1.13. The topological polar surface area (TPSA) is 53.2 Å². The Morgan fingerprint density at radius 2 is 2.00 bits per heavy atom. The first-order valence-electron chi connectivity index (χ1n) is 4.89. The second-order valence-corrected chi connectivity index (χ2v) is 5.30. The molecule has 1 fully saturated rings. The first-order chi connectivity index (χ1) is 6.41. The highest BCUT2D eigenvalue weighted by molar-refractivity contribution is 5.34. The average Bonchev–Trinajstić information content (AvgIpc) is 2.01. The maximum Gasteiger partial charge on any atom is 0.235 e. The van der Waals surface area contributed by atoms with E-state index in [0.717, 1.165) is 12.8 Å². The van der Waals surface area contributed by atoms with Crippen molar-refractivity contribution in [1.29, 1.82) is 5.26 Å². The van der Waals surface area contributed by atoms with Crippen molar-refractivity contribution in [2.45, 2.75) is 46.1 Å². The molecule has 0 radical (unpaired) electrons. The third-order valence-electron chi connectivity index (χ3n) is 2.85. The predicted molar refractivity (Wildman–Crippen MR) is 53.3 cm³/mol. The van der Waals surface area contributed by atoms with Gasteiger partial charge in [-0.2, -0.15) is 5.26 Å². The minimum absolute atomic E-state index is 0.0269. The van der Waals surface area contributed by atoms with Gasteiger partial charge in [0, 0.05) is 0 Å². The van der Waals surface area contributed by atoms with E-state index in [1.165, 1.54) is 0 Å². The quantitative estimate of drug-likeness (QED) is 0.473. The van der Waals surface area contributed by atoms with E-state index in [1.54, 1.807) is 6.08 Å². The number of hydrogen-bond donors (Lipinski definition) is 0. The molecule has 0 aromatic carbocycles. The minimum atomic E-state index is -0.341. The van der Waals surface area contributed by atoms with Gasteiger partial charge in [-0.3, -0.25) is 0 Å². The third-order valence-corrected chi connectivity index (χ3v) is 2.85. The molecule has 0 aliphatic heterocycles. The maximum atomic E-state index is 10.2. The largest absolute Gasteiger partial charge is 0.235 e. The van der Waals surface area contributed by atoms with E-state index in [-0.39, 0.29) is 16.9 Å². The van der Waals surface area contributed by atoms with Crippen molar-refractivity contribution in [3.05, 3.63) is 0 Å². The third kappa shape index (κ3) is 2.43. The Morgan fingerprint density at radius 3 is 2.50 bits per heavy atom. The molecule has 0 N–H and O–H groups in total. The molecule has 2 unspecified atom stereocenters. The van der Waals surface area contributed by atoms with Crippen molar-refractivity contribution in [1.82, 2.24) is 0 Å². The smallest absolute Gasteiger partial charge is 0.211 e. The van der Waals surface area contributed by atoms with E-state index >= 15 is 0 Å². The lowest BCUT2D eigenvalue weighted by Gasteiger charge is -2.41. The van der Waals surface area contributed by atoms with Crippen LogP contribution in [0, 0.1) is 22.2 Å². The van der Waals surface area contributed by atoms with Crippen molar-refractivity contribution in [2.75, 3.05) is 0 Å². The molecular weight excluding hydrogens is 176 g/mol. The molecule has 0 heterocycles. The average molecular weight is 192 g/mol. The van der Waals surface area contributed by atoms with Gasteiger partial charge in [0.15, 0.2) is 0 Å². The summed E-state index contributed by atoms with van der Waals surface area (Å²) in [6, 6.07) is 2.31. The fraction of sp³-hybridized carbons (Fsp3) is 0.818. The first kappa shape index (κ1) is 10.9. The molecule has 0 aromatic rings. The Labute approximate surface area is 84.8 Å². The zero-order chi connectivity index (χ0) is 10.8. The first-order valence-corrected chi connectivity index (χ1v) is 4.89. The van der Waals surface area contributed by atoms with Crippen molar-refractivity contribution in [3.63, 3.8) is 0 Å². The SMILES string of the molecule is CC1(C)CC(N=C=O)CC(C)(C#N)C1. The van der Waals surface area contributed by atoms with Gasteiger partial charge in [-0.1, -0.05) is 13.8 Å². The highest BCUT2D eigenvalue weighted by Gasteiger charge is 2.41. The van der Waals surface area contributed by atoms with E-state index in [0.29, 0.717) is 6.42 Å². The van der Waals surface area contributed by atoms with Crippen LogP contribution in [0.4, 0.5) is 0 Å². The Morgan fingerprint density at radius 1 is 1.36 bits per heavy atom. The van der Waals surface area contributed by atoms with Gasteiger partial charge in [-0.05, 0) is 31.6 Å². The molecule has 3 nitrogen and oxygen atoms in total. The molecule has 76 valence electrons. The van der Waals surface area contributed by atoms with Gasteiger partial charge >= 0.3 is 0 Å². The van der Waals surface area contributed by atoms with Crippen LogP contribution < -0.4 is 0 Å². The molecule has 14 heavy (non-hydrogen) atoms. The van der Waals surface area contributed by atoms with Gasteiger partial charge < -0.3 is 0 Å². The summed E-state index contributed by atoms with van der Waals surface area (Å²) >= 11 is 0. The Balaban J connectivity index is 2.88. The Kier molecular flexibility index (Phi) is 2.78. The minimum Gasteiger partial charge on any atom is -0.211 e. The summed E-state index contributed by atoms with van der Waals surface area (Å²) in [7, 11) is 0. The van der Waals surface area contributed by atoms with Crippen LogP contribution in [0.3, 0.4) is 0 Å². The summed E-state index contributed by atoms with van der Waals surface area (Å²) in [4.78, 5) is 14.0. The van der Waals surface area contributed by atoms with Crippen LogP contribution in [-0.2, 0) is 4.79 Å². The van der Waals surface area contributed by atoms with Crippen molar-refractivity contribution < 1.29 is 4.79 Å². The second-order valence-electron chi connectivity index (χ2n) is 5.30. The van der Waals surface area contributed by atoms with Gasteiger partial charge in [-0.15, -0.1) is 0 Å². The fourth-order valence-electron chi connectivity index (χ4n) is 2.68. The summed E-state index contributed by atoms with van der Waals surface area (Å²) in [6.45, 7) is 6.19. The predicted octanol–water partition coefficient (Wildman–Crippen LogP) is 2.43. The molecular formula is C11H16N2O. The van der Waals surface area contributed by atoms with Gasteiger partial charge in [0.05, 0.1) is 17.5 Å². The van der Waals surface area contributed by atoms with E-state index in [4.69, 9.17) is 5.26 Å². The van der Waals surface area contributed by atoms with Gasteiger partial charge in [0.2, 0.25) is 6.08 Å². The molecule has 1 aliphatic carbocycles. The number of isocyanates is 1. The zero-order valence-electron chi connectivity index (χ0n) is 9.00.